The summed E-state index contributed by atoms with van der Waals surface area (Å²) in [6, 6.07) is 0. The van der Waals surface area contributed by atoms with Crippen LogP contribution in [0.5, 0.6) is 0 Å². The molecule has 0 saturated heterocycles. The molecule has 7 nitrogen and oxygen atoms in total. The zero-order valence-electron chi connectivity index (χ0n) is 4.94. The normalized spacial score (nSPS) is 4.00. The van der Waals surface area contributed by atoms with Gasteiger partial charge in [0, 0.05) is 0 Å². The van der Waals surface area contributed by atoms with E-state index in [0.29, 0.717) is 0 Å². The first-order chi connectivity index (χ1) is 2.64. The van der Waals surface area contributed by atoms with Gasteiger partial charge in [0.2, 0.25) is 0 Å². The van der Waals surface area contributed by atoms with E-state index in [1.54, 1.807) is 0 Å². The Kier molecular flexibility index (Phi) is 79.9. The Balaban J connectivity index is -0.0000000125. The molecule has 2 radical (unpaired) electrons. The van der Waals surface area contributed by atoms with Crippen LogP contribution in [-0.4, -0.2) is 22.2 Å². The van der Waals surface area contributed by atoms with Gasteiger partial charge in [0.1, 0.15) is 0 Å². The van der Waals surface area contributed by atoms with Gasteiger partial charge in [0.15, 0.2) is 0 Å². The van der Waals surface area contributed by atoms with E-state index < -0.39 is 11.9 Å². The third-order valence-electron chi connectivity index (χ3n) is 0.183. The zero-order valence-corrected chi connectivity index (χ0v) is 11.2. The molecule has 0 bridgehead atoms. The van der Waals surface area contributed by atoms with Crippen LogP contribution in [0.1, 0.15) is 0 Å². The first-order valence-electron chi connectivity index (χ1n) is 1.11. The van der Waals surface area contributed by atoms with Crippen LogP contribution in [0.15, 0.2) is 0 Å². The van der Waals surface area contributed by atoms with Crippen molar-refractivity contribution in [2.45, 2.75) is 0 Å². The molecule has 0 fully saturated rings. The number of carboxylic acids is 2. The summed E-state index contributed by atoms with van der Waals surface area (Å²) >= 11 is 0. The molecule has 0 amide bonds. The van der Waals surface area contributed by atoms with Crippen molar-refractivity contribution >= 4 is 11.9 Å². The van der Waals surface area contributed by atoms with Crippen molar-refractivity contribution in [2.75, 3.05) is 0 Å². The van der Waals surface area contributed by atoms with E-state index in [1.807, 2.05) is 0 Å². The first-order valence-corrected chi connectivity index (χ1v) is 1.11. The Bertz CT molecular complexity index is 80.4. The fourth-order valence-corrected chi connectivity index (χ4v) is 0. The van der Waals surface area contributed by atoms with Gasteiger partial charge < -0.3 is 26.6 Å². The van der Waals surface area contributed by atoms with Gasteiger partial charge >= 0.3 is 95.4 Å². The number of rotatable bonds is 0. The smallest absolute Gasteiger partial charge is 2.00 e. The second-order valence-corrected chi connectivity index (χ2v) is 0.610. The van der Waals surface area contributed by atoms with Gasteiger partial charge in [-0.3, -0.25) is 0 Å². The van der Waals surface area contributed by atoms with Crippen molar-refractivity contribution in [1.29, 1.82) is 0 Å². The number of carboxylic acid groups (broad SMARTS) is 2. The summed E-state index contributed by atoms with van der Waals surface area (Å²) in [5.41, 5.74) is 0. The average molecular weight is 418 g/mol. The molecule has 0 heterocycles. The predicted molar refractivity (Wildman–Crippen MR) is 17.3 cm³/mol. The Morgan fingerprint density at radius 3 is 0.818 bits per heavy atom. The Morgan fingerprint density at radius 2 is 0.818 bits per heavy atom. The van der Waals surface area contributed by atoms with E-state index >= 15 is 0 Å². The molecular formula is C2H2Ce2O7. The van der Waals surface area contributed by atoms with E-state index in [9.17, 15) is 0 Å². The molecule has 0 unspecified atom stereocenters. The molecule has 9 heteroatoms. The van der Waals surface area contributed by atoms with Crippen molar-refractivity contribution in [1.82, 2.24) is 0 Å². The fourth-order valence-electron chi connectivity index (χ4n) is 0. The summed E-state index contributed by atoms with van der Waals surface area (Å²) in [4.78, 5) is 18.2. The van der Waals surface area contributed by atoms with Crippen LogP contribution in [0.25, 0.3) is 0 Å². The minimum absolute atomic E-state index is 0. The van der Waals surface area contributed by atoms with Gasteiger partial charge in [-0.25, -0.2) is 9.59 Å². The molecule has 0 rings (SSSR count). The van der Waals surface area contributed by atoms with Gasteiger partial charge in [-0.2, -0.15) is 0 Å². The molecule has 0 spiro atoms. The Morgan fingerprint density at radius 1 is 0.727 bits per heavy atom. The standard InChI is InChI=1S/C2H2O4.2Ce.3O/c3-1(4)2(5)6;;;;;/h(H,3,4)(H,5,6);;;;;/q;2*+3;3*-2. The molecule has 60 valence electrons. The van der Waals surface area contributed by atoms with Gasteiger partial charge in [-0.1, -0.05) is 0 Å². The molecule has 11 heavy (non-hydrogen) atoms. The summed E-state index contributed by atoms with van der Waals surface area (Å²) in [6.45, 7) is 0. The summed E-state index contributed by atoms with van der Waals surface area (Å²) in [6.07, 6.45) is 0. The number of carbonyl (C=O) groups is 2. The summed E-state index contributed by atoms with van der Waals surface area (Å²) in [5, 5.41) is 14.8. The topological polar surface area (TPSA) is 160 Å². The van der Waals surface area contributed by atoms with E-state index in [1.165, 1.54) is 0 Å². The van der Waals surface area contributed by atoms with Crippen LogP contribution in [0.4, 0.5) is 0 Å². The molecule has 2 N–H and O–H groups in total. The quantitative estimate of drug-likeness (QED) is 0.473. The minimum Gasteiger partial charge on any atom is -2.00 e. The van der Waals surface area contributed by atoms with Crippen LogP contribution < -0.4 is 0 Å². The Hall–Kier alpha value is 1.57. The molecule has 0 aliphatic rings. The van der Waals surface area contributed by atoms with Crippen LogP contribution in [0.2, 0.25) is 0 Å². The SMILES string of the molecule is O=C(O)C(=O)O.[Ce+3].[Ce+3].[O-2].[O-2].[O-2]. The van der Waals surface area contributed by atoms with Crippen molar-refractivity contribution in [3.8, 4) is 0 Å². The minimum atomic E-state index is -1.82. The Labute approximate surface area is 129 Å². The van der Waals surface area contributed by atoms with Crippen LogP contribution in [0.3, 0.4) is 0 Å². The van der Waals surface area contributed by atoms with Gasteiger partial charge in [0.25, 0.3) is 0 Å². The van der Waals surface area contributed by atoms with E-state index in [2.05, 4.69) is 0 Å². The molecule has 0 aromatic carbocycles. The molecular weight excluding hydrogens is 416 g/mol. The third-order valence-corrected chi connectivity index (χ3v) is 0.183. The molecule has 0 atom stereocenters. The maximum Gasteiger partial charge on any atom is 3.00 e. The van der Waals surface area contributed by atoms with Crippen LogP contribution in [0, 0.1) is 83.5 Å². The summed E-state index contributed by atoms with van der Waals surface area (Å²) in [5.74, 6) is -3.65. The maximum absolute atomic E-state index is 9.10. The zero-order chi connectivity index (χ0) is 5.15. The number of aliphatic carboxylic acids is 2. The molecule has 0 saturated carbocycles. The summed E-state index contributed by atoms with van der Waals surface area (Å²) in [7, 11) is 0. The third kappa shape index (κ3) is 34.1. The van der Waals surface area contributed by atoms with E-state index in [-0.39, 0.29) is 99.9 Å². The maximum atomic E-state index is 9.10. The van der Waals surface area contributed by atoms with Crippen LogP contribution in [-0.2, 0) is 26.0 Å². The first kappa shape index (κ1) is 39.0. The van der Waals surface area contributed by atoms with Crippen molar-refractivity contribution in [3.05, 3.63) is 0 Å². The average Bonchev–Trinajstić information content (AvgIpc) is 1.36. The van der Waals surface area contributed by atoms with E-state index in [0.717, 1.165) is 0 Å². The van der Waals surface area contributed by atoms with Gasteiger partial charge in [-0.05, 0) is 0 Å². The second kappa shape index (κ2) is 22.6. The van der Waals surface area contributed by atoms with Crippen molar-refractivity contribution < 1.29 is 120 Å². The molecule has 0 aliphatic carbocycles. The second-order valence-electron chi connectivity index (χ2n) is 0.610. The van der Waals surface area contributed by atoms with Gasteiger partial charge in [-0.15, -0.1) is 0 Å². The number of hydrogen-bond donors (Lipinski definition) is 2. The van der Waals surface area contributed by atoms with Crippen LogP contribution >= 0.6 is 0 Å². The monoisotopic (exact) mass is 418 g/mol. The molecule has 0 aromatic rings. The van der Waals surface area contributed by atoms with E-state index in [4.69, 9.17) is 19.8 Å². The largest absolute Gasteiger partial charge is 3.00 e. The van der Waals surface area contributed by atoms with Gasteiger partial charge in [0.05, 0.1) is 0 Å². The molecule has 0 aromatic heterocycles. The molecule has 0 aliphatic heterocycles. The summed E-state index contributed by atoms with van der Waals surface area (Å²) < 4.78 is 0. The van der Waals surface area contributed by atoms with Crippen molar-refractivity contribution in [3.63, 3.8) is 0 Å². The number of hydrogen-bond acceptors (Lipinski definition) is 2. The van der Waals surface area contributed by atoms with Crippen molar-refractivity contribution in [2.24, 2.45) is 0 Å². The predicted octanol–water partition coefficient (Wildman–Crippen LogP) is -1.20. The fraction of sp³-hybridized carbons (Fsp3) is 0.